The maximum absolute atomic E-state index is 12.9. The third-order valence-electron chi connectivity index (χ3n) is 5.48. The van der Waals surface area contributed by atoms with Crippen LogP contribution in [0.5, 0.6) is 0 Å². The minimum atomic E-state index is -0.761. The lowest BCUT2D eigenvalue weighted by Crippen LogP contribution is -2.53. The van der Waals surface area contributed by atoms with Gasteiger partial charge in [-0.25, -0.2) is 4.98 Å². The molecule has 0 aliphatic rings. The molecule has 1 aromatic heterocycles. The molecule has 164 valence electrons. The first kappa shape index (κ1) is 23.3. The van der Waals surface area contributed by atoms with E-state index in [9.17, 15) is 4.79 Å². The summed E-state index contributed by atoms with van der Waals surface area (Å²) in [7, 11) is 1.42. The molecule has 0 amide bonds. The van der Waals surface area contributed by atoms with Crippen molar-refractivity contribution in [2.75, 3.05) is 7.11 Å². The minimum absolute atomic E-state index is 0. The van der Waals surface area contributed by atoms with Crippen molar-refractivity contribution in [3.05, 3.63) is 126 Å². The van der Waals surface area contributed by atoms with Gasteiger partial charge in [-0.15, -0.1) is 12.4 Å². The molecule has 5 nitrogen and oxygen atoms in total. The Hall–Kier alpha value is -3.41. The lowest BCUT2D eigenvalue weighted by Gasteiger charge is -2.39. The molecule has 4 aromatic rings. The summed E-state index contributed by atoms with van der Waals surface area (Å²) in [6.07, 6.45) is 3.76. The molecular formula is C26H26ClN3O2. The van der Waals surface area contributed by atoms with Crippen LogP contribution in [-0.2, 0) is 21.5 Å². The molecule has 0 saturated carbocycles. The maximum Gasteiger partial charge on any atom is 0.323 e. The molecule has 4 rings (SSSR count). The van der Waals surface area contributed by atoms with Gasteiger partial charge in [0, 0.05) is 18.3 Å². The van der Waals surface area contributed by atoms with Crippen LogP contribution in [0.3, 0.4) is 0 Å². The number of rotatable bonds is 8. The van der Waals surface area contributed by atoms with Gasteiger partial charge < -0.3 is 9.72 Å². The molecule has 0 unspecified atom stereocenters. The van der Waals surface area contributed by atoms with Crippen LogP contribution in [0.15, 0.2) is 104 Å². The number of hydrogen-bond acceptors (Lipinski definition) is 4. The number of nitrogens with one attached hydrogen (secondary N) is 2. The lowest BCUT2D eigenvalue weighted by molar-refractivity contribution is -0.143. The van der Waals surface area contributed by atoms with Crippen molar-refractivity contribution in [1.82, 2.24) is 15.3 Å². The normalized spacial score (nSPS) is 11.9. The van der Waals surface area contributed by atoms with Crippen molar-refractivity contribution in [3.8, 4) is 0 Å². The summed E-state index contributed by atoms with van der Waals surface area (Å²) >= 11 is 0. The number of esters is 1. The van der Waals surface area contributed by atoms with E-state index >= 15 is 0 Å². The first-order valence-electron chi connectivity index (χ1n) is 10.2. The molecule has 1 atom stereocenters. The molecule has 0 spiro atoms. The number of methoxy groups -OCH3 is 1. The Morgan fingerprint density at radius 3 is 1.75 bits per heavy atom. The largest absolute Gasteiger partial charge is 0.468 e. The Morgan fingerprint density at radius 2 is 1.38 bits per heavy atom. The van der Waals surface area contributed by atoms with Crippen molar-refractivity contribution in [1.29, 1.82) is 0 Å². The van der Waals surface area contributed by atoms with E-state index in [2.05, 4.69) is 51.7 Å². The first-order valence-corrected chi connectivity index (χ1v) is 10.2. The van der Waals surface area contributed by atoms with Gasteiger partial charge in [-0.05, 0) is 16.7 Å². The number of carbonyl (C=O) groups excluding carboxylic acids is 1. The van der Waals surface area contributed by atoms with Crippen molar-refractivity contribution in [2.24, 2.45) is 0 Å². The van der Waals surface area contributed by atoms with Gasteiger partial charge in [0.15, 0.2) is 0 Å². The highest BCUT2D eigenvalue weighted by Crippen LogP contribution is 2.37. The standard InChI is InChI=1S/C26H25N3O2.ClH/c1-31-25(30)24(17-23-18-27-19-28-23)29-26(20-11-5-2-6-12-20,21-13-7-3-8-14-21)22-15-9-4-10-16-22;/h2-16,18-19,24,29H,17H2,1H3,(H,27,28);1H/t24-;/m0./s1. The molecule has 0 radical (unpaired) electrons. The molecule has 1 heterocycles. The fraction of sp³-hybridized carbons (Fsp3) is 0.154. The van der Waals surface area contributed by atoms with E-state index in [1.165, 1.54) is 7.11 Å². The molecule has 0 bridgehead atoms. The summed E-state index contributed by atoms with van der Waals surface area (Å²) in [5.41, 5.74) is 3.19. The summed E-state index contributed by atoms with van der Waals surface area (Å²) in [6, 6.07) is 29.9. The van der Waals surface area contributed by atoms with Crippen molar-refractivity contribution in [3.63, 3.8) is 0 Å². The molecule has 0 fully saturated rings. The number of aromatic amines is 1. The zero-order valence-corrected chi connectivity index (χ0v) is 18.6. The second-order valence-corrected chi connectivity index (χ2v) is 7.35. The Kier molecular flexibility index (Phi) is 7.82. The third-order valence-corrected chi connectivity index (χ3v) is 5.48. The van der Waals surface area contributed by atoms with Gasteiger partial charge >= 0.3 is 5.97 Å². The highest BCUT2D eigenvalue weighted by atomic mass is 35.5. The predicted molar refractivity (Wildman–Crippen MR) is 128 cm³/mol. The van der Waals surface area contributed by atoms with Gasteiger partial charge in [0.2, 0.25) is 0 Å². The summed E-state index contributed by atoms with van der Waals surface area (Å²) in [5.74, 6) is -0.332. The van der Waals surface area contributed by atoms with E-state index in [0.29, 0.717) is 6.42 Å². The summed E-state index contributed by atoms with van der Waals surface area (Å²) < 4.78 is 5.18. The van der Waals surface area contributed by atoms with Gasteiger partial charge in [0.1, 0.15) is 6.04 Å². The van der Waals surface area contributed by atoms with Gasteiger partial charge in [-0.2, -0.15) is 0 Å². The van der Waals surface area contributed by atoms with Crippen LogP contribution >= 0.6 is 12.4 Å². The van der Waals surface area contributed by atoms with E-state index in [-0.39, 0.29) is 18.4 Å². The molecule has 3 aromatic carbocycles. The van der Waals surface area contributed by atoms with Gasteiger partial charge in [0.05, 0.1) is 19.0 Å². The Labute approximate surface area is 194 Å². The van der Waals surface area contributed by atoms with Gasteiger partial charge in [-0.1, -0.05) is 91.0 Å². The van der Waals surface area contributed by atoms with E-state index in [0.717, 1.165) is 22.4 Å². The average Bonchev–Trinajstić information content (AvgIpc) is 3.36. The monoisotopic (exact) mass is 447 g/mol. The molecule has 0 aliphatic carbocycles. The van der Waals surface area contributed by atoms with E-state index in [1.807, 2.05) is 54.6 Å². The van der Waals surface area contributed by atoms with Crippen LogP contribution in [0.4, 0.5) is 0 Å². The Morgan fingerprint density at radius 1 is 0.906 bits per heavy atom. The first-order chi connectivity index (χ1) is 15.2. The average molecular weight is 448 g/mol. The lowest BCUT2D eigenvalue weighted by atomic mass is 9.76. The van der Waals surface area contributed by atoms with Crippen molar-refractivity contribution in [2.45, 2.75) is 18.0 Å². The third kappa shape index (κ3) is 4.74. The SMILES string of the molecule is COC(=O)[C@H](Cc1cnc[nH]1)NC(c1ccccc1)(c1ccccc1)c1ccccc1.Cl. The van der Waals surface area contributed by atoms with Gasteiger partial charge in [0.25, 0.3) is 0 Å². The summed E-state index contributed by atoms with van der Waals surface area (Å²) in [6.45, 7) is 0. The molecule has 32 heavy (non-hydrogen) atoms. The molecular weight excluding hydrogens is 422 g/mol. The Bertz CT molecular complexity index is 991. The molecule has 2 N–H and O–H groups in total. The highest BCUT2D eigenvalue weighted by Gasteiger charge is 2.40. The fourth-order valence-corrected chi connectivity index (χ4v) is 4.03. The molecule has 6 heteroatoms. The van der Waals surface area contributed by atoms with Crippen LogP contribution in [0.2, 0.25) is 0 Å². The summed E-state index contributed by atoms with van der Waals surface area (Å²) in [4.78, 5) is 20.1. The van der Waals surface area contributed by atoms with Crippen LogP contribution < -0.4 is 5.32 Å². The fourth-order valence-electron chi connectivity index (χ4n) is 4.03. The topological polar surface area (TPSA) is 67.0 Å². The van der Waals surface area contributed by atoms with E-state index in [4.69, 9.17) is 4.74 Å². The van der Waals surface area contributed by atoms with Crippen molar-refractivity contribution < 1.29 is 9.53 Å². The van der Waals surface area contributed by atoms with Gasteiger partial charge in [-0.3, -0.25) is 10.1 Å². The van der Waals surface area contributed by atoms with Crippen LogP contribution in [-0.4, -0.2) is 29.1 Å². The predicted octanol–water partition coefficient (Wildman–Crippen LogP) is 4.50. The number of imidazole rings is 1. The number of benzene rings is 3. The quantitative estimate of drug-likeness (QED) is 0.308. The smallest absolute Gasteiger partial charge is 0.323 e. The Balaban J connectivity index is 0.00000289. The zero-order valence-electron chi connectivity index (χ0n) is 17.8. The zero-order chi connectivity index (χ0) is 21.5. The maximum atomic E-state index is 12.9. The number of halogens is 1. The molecule has 0 saturated heterocycles. The second-order valence-electron chi connectivity index (χ2n) is 7.35. The highest BCUT2D eigenvalue weighted by molar-refractivity contribution is 5.85. The number of H-pyrrole nitrogens is 1. The number of aromatic nitrogens is 2. The van der Waals surface area contributed by atoms with Crippen LogP contribution in [0, 0.1) is 0 Å². The van der Waals surface area contributed by atoms with Crippen LogP contribution in [0.25, 0.3) is 0 Å². The number of nitrogens with zero attached hydrogens (tertiary/aromatic N) is 1. The molecule has 0 aliphatic heterocycles. The van der Waals surface area contributed by atoms with Crippen molar-refractivity contribution >= 4 is 18.4 Å². The van der Waals surface area contributed by atoms with E-state index in [1.54, 1.807) is 12.5 Å². The van der Waals surface area contributed by atoms with E-state index < -0.39 is 11.6 Å². The number of carbonyl (C=O) groups is 1. The minimum Gasteiger partial charge on any atom is -0.468 e. The second kappa shape index (κ2) is 10.8. The number of ether oxygens (including phenoxy) is 1. The summed E-state index contributed by atoms with van der Waals surface area (Å²) in [5, 5.41) is 3.68. The van der Waals surface area contributed by atoms with Crippen LogP contribution in [0.1, 0.15) is 22.4 Å². The number of hydrogen-bond donors (Lipinski definition) is 2.